The first kappa shape index (κ1) is 22.5. The highest BCUT2D eigenvalue weighted by Gasteiger charge is 2.66. The van der Waals surface area contributed by atoms with Crippen molar-refractivity contribution in [2.45, 2.75) is 126 Å². The fourth-order valence-corrected chi connectivity index (χ4v) is 10.8. The van der Waals surface area contributed by atoms with Gasteiger partial charge in [-0.05, 0) is 114 Å². The van der Waals surface area contributed by atoms with Gasteiger partial charge in [0.1, 0.15) is 0 Å². The van der Waals surface area contributed by atoms with Gasteiger partial charge < -0.3 is 5.11 Å². The average molecular weight is 427 g/mol. The van der Waals surface area contributed by atoms with Crippen LogP contribution in [0.1, 0.15) is 120 Å². The van der Waals surface area contributed by atoms with Crippen LogP contribution < -0.4 is 0 Å². The lowest BCUT2D eigenvalue weighted by Crippen LogP contribution is -2.63. The maximum absolute atomic E-state index is 10.9. The number of aliphatic hydroxyl groups is 1. The molecule has 1 heteroatoms. The van der Waals surface area contributed by atoms with Gasteiger partial charge in [-0.15, -0.1) is 0 Å². The molecule has 0 aliphatic heterocycles. The molecule has 0 aromatic heterocycles. The second-order valence-electron chi connectivity index (χ2n) is 15.3. The van der Waals surface area contributed by atoms with Crippen LogP contribution in [0.15, 0.2) is 11.6 Å². The van der Waals surface area contributed by atoms with Gasteiger partial charge in [0.05, 0.1) is 6.10 Å². The monoisotopic (exact) mass is 426 g/mol. The SMILES string of the molecule is CC1(C)CC[C@@]2(C)CC=C3[C@](C)(CC[C@@H]4[C@]5(C)CC[C@@H](O)C(C)(C)[C@@H]5CC[C@]34C)[C@H]2C1. The van der Waals surface area contributed by atoms with E-state index in [2.05, 4.69) is 61.5 Å². The average Bonchev–Trinajstić information content (AvgIpc) is 2.66. The largest absolute Gasteiger partial charge is 0.393 e. The van der Waals surface area contributed by atoms with E-state index >= 15 is 0 Å². The predicted molar refractivity (Wildman–Crippen MR) is 131 cm³/mol. The Labute approximate surface area is 192 Å². The minimum atomic E-state index is -0.122. The first-order valence-electron chi connectivity index (χ1n) is 13.6. The van der Waals surface area contributed by atoms with Crippen molar-refractivity contribution in [1.82, 2.24) is 0 Å². The van der Waals surface area contributed by atoms with Crippen LogP contribution in [0.25, 0.3) is 0 Å². The molecule has 4 saturated carbocycles. The Hall–Kier alpha value is -0.300. The van der Waals surface area contributed by atoms with Gasteiger partial charge in [-0.25, -0.2) is 0 Å². The van der Waals surface area contributed by atoms with E-state index in [4.69, 9.17) is 0 Å². The highest BCUT2D eigenvalue weighted by Crippen LogP contribution is 2.74. The number of fused-ring (bicyclic) bond motifs is 7. The number of hydrogen-bond donors (Lipinski definition) is 1. The first-order valence-corrected chi connectivity index (χ1v) is 13.6. The zero-order valence-electron chi connectivity index (χ0n) is 21.9. The van der Waals surface area contributed by atoms with Crippen LogP contribution in [0, 0.1) is 50.2 Å². The van der Waals surface area contributed by atoms with E-state index in [1.165, 1.54) is 57.8 Å². The Morgan fingerprint density at radius 2 is 1.32 bits per heavy atom. The summed E-state index contributed by atoms with van der Waals surface area (Å²) in [5.74, 6) is 2.29. The lowest BCUT2D eigenvalue weighted by molar-refractivity contribution is -0.184. The molecule has 0 spiro atoms. The Morgan fingerprint density at radius 1 is 0.710 bits per heavy atom. The Bertz CT molecular complexity index is 790. The van der Waals surface area contributed by atoms with Crippen LogP contribution in [-0.2, 0) is 0 Å². The zero-order valence-corrected chi connectivity index (χ0v) is 21.9. The van der Waals surface area contributed by atoms with E-state index in [1.807, 2.05) is 5.57 Å². The molecule has 176 valence electrons. The van der Waals surface area contributed by atoms with Crippen molar-refractivity contribution in [3.63, 3.8) is 0 Å². The summed E-state index contributed by atoms with van der Waals surface area (Å²) >= 11 is 0. The molecule has 5 aliphatic rings. The summed E-state index contributed by atoms with van der Waals surface area (Å²) in [6.45, 7) is 20.4. The standard InChI is InChI=1S/C30H50O/c1-25(2)17-18-27(5)13-9-21-29(7)14-10-20-26(3,4)24(31)12-16-28(20,6)22(29)11-15-30(21,8)23(27)19-25/h9,20,22-24,31H,10-19H2,1-8H3/t20-,22+,23-,24+,27+,28+,29+,30-/m0/s1. The molecule has 0 heterocycles. The van der Waals surface area contributed by atoms with E-state index in [0.29, 0.717) is 33.0 Å². The van der Waals surface area contributed by atoms with Crippen molar-refractivity contribution in [2.75, 3.05) is 0 Å². The minimum Gasteiger partial charge on any atom is -0.393 e. The minimum absolute atomic E-state index is 0.0575. The van der Waals surface area contributed by atoms with Crippen molar-refractivity contribution >= 4 is 0 Å². The van der Waals surface area contributed by atoms with Gasteiger partial charge in [0.15, 0.2) is 0 Å². The van der Waals surface area contributed by atoms with Crippen molar-refractivity contribution in [3.8, 4) is 0 Å². The molecule has 8 atom stereocenters. The maximum Gasteiger partial charge on any atom is 0.0594 e. The highest BCUT2D eigenvalue weighted by molar-refractivity contribution is 5.34. The van der Waals surface area contributed by atoms with Crippen molar-refractivity contribution < 1.29 is 5.11 Å². The van der Waals surface area contributed by atoms with E-state index in [9.17, 15) is 5.11 Å². The van der Waals surface area contributed by atoms with Gasteiger partial charge >= 0.3 is 0 Å². The lowest BCUT2D eigenvalue weighted by Gasteiger charge is -2.70. The molecule has 0 radical (unpaired) electrons. The topological polar surface area (TPSA) is 20.2 Å². The van der Waals surface area contributed by atoms with Crippen LogP contribution in [0.4, 0.5) is 0 Å². The molecule has 1 N–H and O–H groups in total. The van der Waals surface area contributed by atoms with Gasteiger partial charge in [-0.1, -0.05) is 67.0 Å². The van der Waals surface area contributed by atoms with Crippen molar-refractivity contribution in [2.24, 2.45) is 50.2 Å². The van der Waals surface area contributed by atoms with Gasteiger partial charge in [-0.3, -0.25) is 0 Å². The van der Waals surface area contributed by atoms with Crippen LogP contribution in [0.2, 0.25) is 0 Å². The van der Waals surface area contributed by atoms with Crippen molar-refractivity contribution in [3.05, 3.63) is 11.6 Å². The summed E-state index contributed by atoms with van der Waals surface area (Å²) in [7, 11) is 0. The second kappa shape index (κ2) is 6.43. The first-order chi connectivity index (χ1) is 14.2. The molecule has 0 aromatic carbocycles. The third-order valence-corrected chi connectivity index (χ3v) is 12.7. The predicted octanol–water partition coefficient (Wildman–Crippen LogP) is 8.17. The fraction of sp³-hybridized carbons (Fsp3) is 0.933. The highest BCUT2D eigenvalue weighted by atomic mass is 16.3. The Morgan fingerprint density at radius 3 is 2.00 bits per heavy atom. The molecular weight excluding hydrogens is 376 g/mol. The lowest BCUT2D eigenvalue weighted by atomic mass is 9.35. The van der Waals surface area contributed by atoms with Crippen LogP contribution >= 0.6 is 0 Å². The summed E-state index contributed by atoms with van der Waals surface area (Å²) < 4.78 is 0. The number of allylic oxidation sites excluding steroid dienone is 2. The molecule has 5 aliphatic carbocycles. The third-order valence-electron chi connectivity index (χ3n) is 12.7. The van der Waals surface area contributed by atoms with Crippen LogP contribution in [-0.4, -0.2) is 11.2 Å². The molecule has 0 bridgehead atoms. The molecule has 5 rings (SSSR count). The number of aliphatic hydroxyl groups excluding tert-OH is 1. The van der Waals surface area contributed by atoms with E-state index < -0.39 is 0 Å². The molecule has 0 saturated heterocycles. The van der Waals surface area contributed by atoms with E-state index in [0.717, 1.165) is 18.3 Å². The van der Waals surface area contributed by atoms with Gasteiger partial charge in [0.2, 0.25) is 0 Å². The van der Waals surface area contributed by atoms with E-state index in [-0.39, 0.29) is 11.5 Å². The Balaban J connectivity index is 1.56. The molecule has 4 fully saturated rings. The summed E-state index contributed by atoms with van der Waals surface area (Å²) in [6, 6.07) is 0. The van der Waals surface area contributed by atoms with Gasteiger partial charge in [0, 0.05) is 0 Å². The zero-order chi connectivity index (χ0) is 22.7. The van der Waals surface area contributed by atoms with Crippen LogP contribution in [0.5, 0.6) is 0 Å². The number of rotatable bonds is 0. The summed E-state index contributed by atoms with van der Waals surface area (Å²) in [5, 5.41) is 10.9. The molecule has 0 amide bonds. The van der Waals surface area contributed by atoms with Crippen molar-refractivity contribution in [1.29, 1.82) is 0 Å². The fourth-order valence-electron chi connectivity index (χ4n) is 10.8. The Kier molecular flexibility index (Phi) is 4.66. The summed E-state index contributed by atoms with van der Waals surface area (Å²) in [4.78, 5) is 0. The third kappa shape index (κ3) is 2.83. The summed E-state index contributed by atoms with van der Waals surface area (Å²) in [5.41, 5.74) is 4.07. The number of hydrogen-bond acceptors (Lipinski definition) is 1. The summed E-state index contributed by atoms with van der Waals surface area (Å²) in [6.07, 6.45) is 15.8. The smallest absolute Gasteiger partial charge is 0.0594 e. The maximum atomic E-state index is 10.9. The quantitative estimate of drug-likeness (QED) is 0.387. The molecule has 1 nitrogen and oxygen atoms in total. The molecule has 0 unspecified atom stereocenters. The van der Waals surface area contributed by atoms with E-state index in [1.54, 1.807) is 0 Å². The molecule has 0 aromatic rings. The normalized spacial score (nSPS) is 55.2. The van der Waals surface area contributed by atoms with Gasteiger partial charge in [-0.2, -0.15) is 0 Å². The molecular formula is C30H50O. The molecule has 31 heavy (non-hydrogen) atoms. The van der Waals surface area contributed by atoms with Crippen LogP contribution in [0.3, 0.4) is 0 Å². The van der Waals surface area contributed by atoms with Gasteiger partial charge in [0.25, 0.3) is 0 Å². The second-order valence-corrected chi connectivity index (χ2v) is 15.3.